The topological polar surface area (TPSA) is 85.3 Å². The standard InChI is InChI=1S/C28H30FNO6/c1-34-24-16-22(17-25(35-2)27(24)36-3)28(33)30(14-6-8-21-7-4-5-9-23(21)29)18-20-12-10-19(11-13-20)15-26(31)32/h4-5,7,9-13,16-17H,6,8,14-15,18H2,1-3H3,(H,31,32). The van der Waals surface area contributed by atoms with Gasteiger partial charge in [-0.2, -0.15) is 0 Å². The first-order valence-corrected chi connectivity index (χ1v) is 11.5. The van der Waals surface area contributed by atoms with Crippen molar-refractivity contribution in [1.29, 1.82) is 0 Å². The number of hydrogen-bond donors (Lipinski definition) is 1. The summed E-state index contributed by atoms with van der Waals surface area (Å²) in [5.74, 6) is -0.313. The Kier molecular flexibility index (Phi) is 9.27. The van der Waals surface area contributed by atoms with Crippen LogP contribution in [0, 0.1) is 5.82 Å². The smallest absolute Gasteiger partial charge is 0.307 e. The molecule has 8 heteroatoms. The molecule has 0 saturated carbocycles. The molecule has 3 aromatic rings. The van der Waals surface area contributed by atoms with E-state index in [1.165, 1.54) is 27.4 Å². The third kappa shape index (κ3) is 6.75. The Labute approximate surface area is 210 Å². The summed E-state index contributed by atoms with van der Waals surface area (Å²) in [6.07, 6.45) is 0.953. The number of amides is 1. The van der Waals surface area contributed by atoms with E-state index in [-0.39, 0.29) is 18.1 Å². The van der Waals surface area contributed by atoms with Crippen molar-refractivity contribution in [3.63, 3.8) is 0 Å². The average Bonchev–Trinajstić information content (AvgIpc) is 2.88. The van der Waals surface area contributed by atoms with Crippen molar-refractivity contribution in [2.24, 2.45) is 0 Å². The third-order valence-electron chi connectivity index (χ3n) is 5.78. The zero-order valence-electron chi connectivity index (χ0n) is 20.6. The molecule has 0 atom stereocenters. The summed E-state index contributed by atoms with van der Waals surface area (Å²) in [6.45, 7) is 0.667. The van der Waals surface area contributed by atoms with Gasteiger partial charge in [-0.15, -0.1) is 0 Å². The Bertz CT molecular complexity index is 1170. The number of nitrogens with zero attached hydrogens (tertiary/aromatic N) is 1. The summed E-state index contributed by atoms with van der Waals surface area (Å²) < 4.78 is 30.2. The van der Waals surface area contributed by atoms with Gasteiger partial charge in [0.05, 0.1) is 27.8 Å². The predicted octanol–water partition coefficient (Wildman–Crippen LogP) is 4.75. The minimum absolute atomic E-state index is 0.0724. The summed E-state index contributed by atoms with van der Waals surface area (Å²) in [6, 6.07) is 16.9. The van der Waals surface area contributed by atoms with Crippen molar-refractivity contribution >= 4 is 11.9 Å². The van der Waals surface area contributed by atoms with Crippen LogP contribution < -0.4 is 14.2 Å². The van der Waals surface area contributed by atoms with Crippen LogP contribution in [0.3, 0.4) is 0 Å². The van der Waals surface area contributed by atoms with Gasteiger partial charge in [0.25, 0.3) is 5.91 Å². The van der Waals surface area contributed by atoms with Crippen LogP contribution in [0.25, 0.3) is 0 Å². The normalized spacial score (nSPS) is 10.6. The molecule has 0 saturated heterocycles. The van der Waals surface area contributed by atoms with Crippen molar-refractivity contribution in [3.05, 3.63) is 88.7 Å². The van der Waals surface area contributed by atoms with Crippen LogP contribution in [0.2, 0.25) is 0 Å². The maximum atomic E-state index is 14.1. The fourth-order valence-electron chi connectivity index (χ4n) is 3.96. The van der Waals surface area contributed by atoms with E-state index in [0.717, 1.165) is 5.56 Å². The molecule has 190 valence electrons. The number of benzene rings is 3. The number of rotatable bonds is 12. The number of aliphatic carboxylic acids is 1. The lowest BCUT2D eigenvalue weighted by molar-refractivity contribution is -0.136. The van der Waals surface area contributed by atoms with Crippen molar-refractivity contribution in [1.82, 2.24) is 4.90 Å². The zero-order chi connectivity index (χ0) is 26.1. The van der Waals surface area contributed by atoms with Gasteiger partial charge < -0.3 is 24.2 Å². The average molecular weight is 496 g/mol. The van der Waals surface area contributed by atoms with Gasteiger partial charge in [0.1, 0.15) is 5.82 Å². The SMILES string of the molecule is COc1cc(C(=O)N(CCCc2ccccc2F)Cc2ccc(CC(=O)O)cc2)cc(OC)c1OC. The number of hydrogen-bond acceptors (Lipinski definition) is 5. The van der Waals surface area contributed by atoms with E-state index in [1.54, 1.807) is 47.4 Å². The number of halogens is 1. The third-order valence-corrected chi connectivity index (χ3v) is 5.78. The summed E-state index contributed by atoms with van der Waals surface area (Å²) in [5.41, 5.74) is 2.47. The van der Waals surface area contributed by atoms with Gasteiger partial charge in [0.15, 0.2) is 11.5 Å². The number of aryl methyl sites for hydroxylation is 1. The van der Waals surface area contributed by atoms with E-state index in [9.17, 15) is 14.0 Å². The highest BCUT2D eigenvalue weighted by molar-refractivity contribution is 5.95. The second-order valence-corrected chi connectivity index (χ2v) is 8.22. The molecular formula is C28H30FNO6. The molecule has 0 aliphatic heterocycles. The lowest BCUT2D eigenvalue weighted by atomic mass is 10.1. The maximum absolute atomic E-state index is 14.1. The summed E-state index contributed by atoms with van der Waals surface area (Å²) in [7, 11) is 4.46. The highest BCUT2D eigenvalue weighted by Crippen LogP contribution is 2.38. The summed E-state index contributed by atoms with van der Waals surface area (Å²) in [4.78, 5) is 26.3. The lowest BCUT2D eigenvalue weighted by Crippen LogP contribution is -2.32. The molecule has 0 bridgehead atoms. The van der Waals surface area contributed by atoms with Gasteiger partial charge in [0.2, 0.25) is 5.75 Å². The first kappa shape index (κ1) is 26.5. The summed E-state index contributed by atoms with van der Waals surface area (Å²) in [5, 5.41) is 9.00. The Balaban J connectivity index is 1.86. The zero-order valence-corrected chi connectivity index (χ0v) is 20.6. The summed E-state index contributed by atoms with van der Waals surface area (Å²) >= 11 is 0. The minimum atomic E-state index is -0.907. The van der Waals surface area contributed by atoms with Crippen molar-refractivity contribution in [2.75, 3.05) is 27.9 Å². The van der Waals surface area contributed by atoms with Crippen LogP contribution in [-0.2, 0) is 24.2 Å². The van der Waals surface area contributed by atoms with E-state index < -0.39 is 5.97 Å². The first-order valence-electron chi connectivity index (χ1n) is 11.5. The van der Waals surface area contributed by atoms with Gasteiger partial charge in [-0.3, -0.25) is 9.59 Å². The maximum Gasteiger partial charge on any atom is 0.307 e. The molecule has 3 aromatic carbocycles. The van der Waals surface area contributed by atoms with E-state index in [2.05, 4.69) is 0 Å². The monoisotopic (exact) mass is 495 g/mol. The van der Waals surface area contributed by atoms with Crippen LogP contribution in [0.15, 0.2) is 60.7 Å². The highest BCUT2D eigenvalue weighted by Gasteiger charge is 2.22. The molecule has 0 unspecified atom stereocenters. The molecule has 0 spiro atoms. The number of carbonyl (C=O) groups excluding carboxylic acids is 1. The number of methoxy groups -OCH3 is 3. The fourth-order valence-corrected chi connectivity index (χ4v) is 3.96. The molecule has 1 N–H and O–H groups in total. The molecule has 0 fully saturated rings. The molecule has 0 aliphatic carbocycles. The number of carboxylic acids is 1. The van der Waals surface area contributed by atoms with E-state index >= 15 is 0 Å². The molecule has 0 aliphatic rings. The second kappa shape index (κ2) is 12.6. The van der Waals surface area contributed by atoms with Crippen molar-refractivity contribution < 1.29 is 33.3 Å². The van der Waals surface area contributed by atoms with Crippen LogP contribution in [0.1, 0.15) is 33.5 Å². The molecule has 0 radical (unpaired) electrons. The Morgan fingerprint density at radius 3 is 2.06 bits per heavy atom. The Morgan fingerprint density at radius 1 is 0.889 bits per heavy atom. The van der Waals surface area contributed by atoms with Crippen LogP contribution in [0.5, 0.6) is 17.2 Å². The predicted molar refractivity (Wildman–Crippen MR) is 133 cm³/mol. The number of carbonyl (C=O) groups is 2. The van der Waals surface area contributed by atoms with E-state index in [4.69, 9.17) is 19.3 Å². The van der Waals surface area contributed by atoms with E-state index in [0.29, 0.717) is 59.9 Å². The highest BCUT2D eigenvalue weighted by atomic mass is 19.1. The van der Waals surface area contributed by atoms with E-state index in [1.807, 2.05) is 12.1 Å². The van der Waals surface area contributed by atoms with Gasteiger partial charge in [-0.25, -0.2) is 4.39 Å². The molecule has 36 heavy (non-hydrogen) atoms. The molecule has 0 heterocycles. The van der Waals surface area contributed by atoms with Gasteiger partial charge in [-0.1, -0.05) is 42.5 Å². The molecule has 3 rings (SSSR count). The molecule has 7 nitrogen and oxygen atoms in total. The lowest BCUT2D eigenvalue weighted by Gasteiger charge is -2.24. The molecule has 0 aromatic heterocycles. The Morgan fingerprint density at radius 2 is 1.50 bits per heavy atom. The van der Waals surface area contributed by atoms with Crippen LogP contribution in [0.4, 0.5) is 4.39 Å². The molecule has 1 amide bonds. The van der Waals surface area contributed by atoms with Gasteiger partial charge in [0, 0.05) is 18.7 Å². The van der Waals surface area contributed by atoms with Crippen LogP contribution in [-0.4, -0.2) is 49.8 Å². The van der Waals surface area contributed by atoms with Gasteiger partial charge >= 0.3 is 5.97 Å². The van der Waals surface area contributed by atoms with Gasteiger partial charge in [-0.05, 0) is 47.7 Å². The quantitative estimate of drug-likeness (QED) is 0.390. The largest absolute Gasteiger partial charge is 0.493 e. The van der Waals surface area contributed by atoms with Crippen LogP contribution >= 0.6 is 0 Å². The Hall–Kier alpha value is -4.07. The molecular weight excluding hydrogens is 465 g/mol. The number of ether oxygens (including phenoxy) is 3. The fraction of sp³-hybridized carbons (Fsp3) is 0.286. The van der Waals surface area contributed by atoms with Crippen molar-refractivity contribution in [3.8, 4) is 17.2 Å². The first-order chi connectivity index (χ1) is 17.4. The number of carboxylic acid groups (broad SMARTS) is 1. The second-order valence-electron chi connectivity index (χ2n) is 8.22. The minimum Gasteiger partial charge on any atom is -0.493 e. The van der Waals surface area contributed by atoms with Crippen molar-refractivity contribution in [2.45, 2.75) is 25.8 Å².